The number of thiocarbonyl (C=S) groups is 1. The van der Waals surface area contributed by atoms with Gasteiger partial charge >= 0.3 is 0 Å². The molecule has 1 aromatic heterocycles. The van der Waals surface area contributed by atoms with Crippen LogP contribution >= 0.6 is 23.6 Å². The number of hydrogen-bond donors (Lipinski definition) is 0. The third-order valence-corrected chi connectivity index (χ3v) is 3.23. The van der Waals surface area contributed by atoms with E-state index in [4.69, 9.17) is 12.2 Å². The molecular formula is C8H13N3S2. The number of aryl methyl sites for hydroxylation is 1. The smallest absolute Gasteiger partial charge is 0.191 e. The summed E-state index contributed by atoms with van der Waals surface area (Å²) in [6.45, 7) is 2.03. The summed E-state index contributed by atoms with van der Waals surface area (Å²) in [5.74, 6) is 0. The summed E-state index contributed by atoms with van der Waals surface area (Å²) in [6, 6.07) is 0. The van der Waals surface area contributed by atoms with Gasteiger partial charge in [0.25, 0.3) is 0 Å². The summed E-state index contributed by atoms with van der Waals surface area (Å²) >= 11 is 6.88. The van der Waals surface area contributed by atoms with E-state index in [2.05, 4.69) is 10.4 Å². The first-order valence-electron chi connectivity index (χ1n) is 3.89. The first-order valence-corrected chi connectivity index (χ1v) is 5.18. The lowest BCUT2D eigenvalue weighted by molar-refractivity contribution is 0.605. The highest BCUT2D eigenvalue weighted by Crippen LogP contribution is 2.01. The van der Waals surface area contributed by atoms with Gasteiger partial charge in [-0.3, -0.25) is 9.56 Å². The minimum atomic E-state index is 0.777. The van der Waals surface area contributed by atoms with Crippen molar-refractivity contribution in [3.05, 3.63) is 15.9 Å². The van der Waals surface area contributed by atoms with Crippen LogP contribution in [0.4, 0.5) is 0 Å². The van der Waals surface area contributed by atoms with Crippen molar-refractivity contribution in [2.24, 2.45) is 4.99 Å². The van der Waals surface area contributed by atoms with E-state index in [1.165, 1.54) is 0 Å². The van der Waals surface area contributed by atoms with Crippen LogP contribution in [0.25, 0.3) is 0 Å². The fourth-order valence-corrected chi connectivity index (χ4v) is 2.09. The standard InChI is InChI=1S/C8H13N3S2/c1-6-5-13-7(9-2)11(6)8(12)10(3)4/h5H,1-4H3. The molecule has 0 atom stereocenters. The van der Waals surface area contributed by atoms with Gasteiger partial charge in [0, 0.05) is 32.2 Å². The molecule has 0 aliphatic carbocycles. The predicted octanol–water partition coefficient (Wildman–Crippen LogP) is 1.08. The maximum Gasteiger partial charge on any atom is 0.191 e. The number of nitrogens with zero attached hydrogens (tertiary/aromatic N) is 3. The van der Waals surface area contributed by atoms with Crippen molar-refractivity contribution in [1.29, 1.82) is 0 Å². The molecular weight excluding hydrogens is 202 g/mol. The molecule has 5 heteroatoms. The second-order valence-corrected chi connectivity index (χ2v) is 4.10. The molecule has 0 spiro atoms. The first kappa shape index (κ1) is 10.4. The van der Waals surface area contributed by atoms with Gasteiger partial charge in [-0.15, -0.1) is 11.3 Å². The van der Waals surface area contributed by atoms with E-state index in [0.29, 0.717) is 0 Å². The maximum atomic E-state index is 5.28. The van der Waals surface area contributed by atoms with E-state index in [0.717, 1.165) is 15.6 Å². The highest BCUT2D eigenvalue weighted by molar-refractivity contribution is 7.80. The van der Waals surface area contributed by atoms with Gasteiger partial charge in [0.15, 0.2) is 9.91 Å². The molecule has 0 saturated heterocycles. The molecule has 0 bridgehead atoms. The largest absolute Gasteiger partial charge is 0.355 e. The summed E-state index contributed by atoms with van der Waals surface area (Å²) in [4.78, 5) is 7.01. The molecule has 1 aromatic rings. The number of aromatic nitrogens is 1. The van der Waals surface area contributed by atoms with Crippen LogP contribution in [0.1, 0.15) is 5.69 Å². The van der Waals surface area contributed by atoms with Crippen molar-refractivity contribution in [2.75, 3.05) is 21.1 Å². The molecule has 1 heterocycles. The van der Waals surface area contributed by atoms with Crippen LogP contribution in [0, 0.1) is 6.92 Å². The lowest BCUT2D eigenvalue weighted by Crippen LogP contribution is -2.33. The molecule has 0 fully saturated rings. The van der Waals surface area contributed by atoms with Crippen LogP contribution in [0.3, 0.4) is 0 Å². The van der Waals surface area contributed by atoms with Gasteiger partial charge in [-0.1, -0.05) is 0 Å². The molecule has 0 radical (unpaired) electrons. The zero-order chi connectivity index (χ0) is 10.0. The Labute approximate surface area is 87.3 Å². The lowest BCUT2D eigenvalue weighted by Gasteiger charge is -2.15. The normalized spacial score (nSPS) is 11.8. The minimum Gasteiger partial charge on any atom is -0.355 e. The van der Waals surface area contributed by atoms with E-state index < -0.39 is 0 Å². The van der Waals surface area contributed by atoms with Crippen molar-refractivity contribution in [3.8, 4) is 0 Å². The topological polar surface area (TPSA) is 20.5 Å². The second-order valence-electron chi connectivity index (χ2n) is 2.90. The summed E-state index contributed by atoms with van der Waals surface area (Å²) in [5.41, 5.74) is 1.13. The van der Waals surface area contributed by atoms with E-state index in [1.807, 2.05) is 30.5 Å². The van der Waals surface area contributed by atoms with Gasteiger partial charge in [0.05, 0.1) is 0 Å². The Morgan fingerprint density at radius 2 is 2.23 bits per heavy atom. The third kappa shape index (κ3) is 1.97. The van der Waals surface area contributed by atoms with Crippen LogP contribution in [-0.2, 0) is 0 Å². The average Bonchev–Trinajstić information content (AvgIpc) is 2.45. The Kier molecular flexibility index (Phi) is 3.22. The Morgan fingerprint density at radius 3 is 2.69 bits per heavy atom. The molecule has 1 rings (SSSR count). The lowest BCUT2D eigenvalue weighted by atomic mass is 10.5. The van der Waals surface area contributed by atoms with Gasteiger partial charge in [-0.2, -0.15) is 0 Å². The van der Waals surface area contributed by atoms with E-state index >= 15 is 0 Å². The molecule has 0 amide bonds. The SMILES string of the molecule is CN=c1scc(C)n1C(=S)N(C)C. The van der Waals surface area contributed by atoms with Gasteiger partial charge in [-0.05, 0) is 19.1 Å². The Bertz CT molecular complexity index is 373. The van der Waals surface area contributed by atoms with Crippen LogP contribution < -0.4 is 4.80 Å². The molecule has 0 saturated carbocycles. The summed E-state index contributed by atoms with van der Waals surface area (Å²) in [5, 5.41) is 2.83. The van der Waals surface area contributed by atoms with Crippen molar-refractivity contribution in [2.45, 2.75) is 6.92 Å². The van der Waals surface area contributed by atoms with Crippen molar-refractivity contribution < 1.29 is 0 Å². The maximum absolute atomic E-state index is 5.28. The fourth-order valence-electron chi connectivity index (χ4n) is 0.980. The van der Waals surface area contributed by atoms with Crippen LogP contribution in [0.5, 0.6) is 0 Å². The average molecular weight is 215 g/mol. The molecule has 72 valence electrons. The van der Waals surface area contributed by atoms with Gasteiger partial charge < -0.3 is 4.90 Å². The van der Waals surface area contributed by atoms with Crippen LogP contribution in [0.15, 0.2) is 10.4 Å². The molecule has 3 nitrogen and oxygen atoms in total. The fraction of sp³-hybridized carbons (Fsp3) is 0.500. The number of rotatable bonds is 0. The predicted molar refractivity (Wildman–Crippen MR) is 60.2 cm³/mol. The first-order chi connectivity index (χ1) is 6.07. The van der Waals surface area contributed by atoms with Crippen LogP contribution in [-0.4, -0.2) is 35.7 Å². The quantitative estimate of drug-likeness (QED) is 0.604. The van der Waals surface area contributed by atoms with Gasteiger partial charge in [0.2, 0.25) is 0 Å². The molecule has 0 aliphatic rings. The van der Waals surface area contributed by atoms with E-state index in [1.54, 1.807) is 18.4 Å². The number of hydrogen-bond acceptors (Lipinski definition) is 3. The van der Waals surface area contributed by atoms with E-state index in [9.17, 15) is 0 Å². The Hall–Kier alpha value is -0.680. The highest BCUT2D eigenvalue weighted by Gasteiger charge is 2.07. The highest BCUT2D eigenvalue weighted by atomic mass is 32.1. The van der Waals surface area contributed by atoms with Gasteiger partial charge in [-0.25, -0.2) is 0 Å². The van der Waals surface area contributed by atoms with E-state index in [-0.39, 0.29) is 0 Å². The molecule has 0 aromatic carbocycles. The van der Waals surface area contributed by atoms with Crippen molar-refractivity contribution in [3.63, 3.8) is 0 Å². The second kappa shape index (κ2) is 4.02. The van der Waals surface area contributed by atoms with Crippen molar-refractivity contribution in [1.82, 2.24) is 9.47 Å². The monoisotopic (exact) mass is 215 g/mol. The van der Waals surface area contributed by atoms with Crippen molar-refractivity contribution >= 4 is 28.7 Å². The molecule has 0 N–H and O–H groups in total. The summed E-state index contributed by atoms with van der Waals surface area (Å²) < 4.78 is 1.97. The minimum absolute atomic E-state index is 0.777. The number of thiazole rings is 1. The third-order valence-electron chi connectivity index (χ3n) is 1.64. The zero-order valence-corrected chi connectivity index (χ0v) is 9.87. The summed E-state index contributed by atoms with van der Waals surface area (Å²) in [7, 11) is 5.65. The summed E-state index contributed by atoms with van der Waals surface area (Å²) in [6.07, 6.45) is 0. The Morgan fingerprint density at radius 1 is 1.62 bits per heavy atom. The van der Waals surface area contributed by atoms with Gasteiger partial charge in [0.1, 0.15) is 0 Å². The molecule has 13 heavy (non-hydrogen) atoms. The van der Waals surface area contributed by atoms with Crippen LogP contribution in [0.2, 0.25) is 0 Å². The zero-order valence-electron chi connectivity index (χ0n) is 8.24. The Balaban J connectivity index is 3.28. The molecule has 0 unspecified atom stereocenters. The molecule has 0 aliphatic heterocycles.